The average Bonchev–Trinajstić information content (AvgIpc) is 2.41. The fourth-order valence-electron chi connectivity index (χ4n) is 1.70. The van der Waals surface area contributed by atoms with Gasteiger partial charge in [0.15, 0.2) is 5.11 Å². The monoisotopic (exact) mass is 294 g/mol. The molecular formula is C13H11ClN2O2S. The summed E-state index contributed by atoms with van der Waals surface area (Å²) in [4.78, 5) is 26.7. The molecule has 0 bridgehead atoms. The van der Waals surface area contributed by atoms with Crippen LogP contribution in [0.1, 0.15) is 5.56 Å². The summed E-state index contributed by atoms with van der Waals surface area (Å²) in [5, 5.41) is 0.794. The maximum absolute atomic E-state index is 12.1. The molecule has 6 heteroatoms. The Hall–Kier alpha value is -1.72. The second-order valence-electron chi connectivity index (χ2n) is 4.12. The van der Waals surface area contributed by atoms with Crippen molar-refractivity contribution in [2.45, 2.75) is 0 Å². The Balaban J connectivity index is 2.42. The molecule has 0 saturated carbocycles. The largest absolute Gasteiger partial charge is 0.288 e. The summed E-state index contributed by atoms with van der Waals surface area (Å²) in [6, 6.07) is 6.87. The van der Waals surface area contributed by atoms with E-state index in [1.54, 1.807) is 38.4 Å². The number of rotatable bonds is 1. The fraction of sp³-hybridized carbons (Fsp3) is 0.154. The zero-order chi connectivity index (χ0) is 14.2. The minimum atomic E-state index is -0.400. The minimum absolute atomic E-state index is 0.0842. The van der Waals surface area contributed by atoms with Gasteiger partial charge in [0.25, 0.3) is 11.8 Å². The Labute approximate surface area is 121 Å². The molecule has 1 aliphatic heterocycles. The van der Waals surface area contributed by atoms with E-state index in [1.165, 1.54) is 15.9 Å². The van der Waals surface area contributed by atoms with Gasteiger partial charge in [-0.25, -0.2) is 0 Å². The molecule has 2 amide bonds. The summed E-state index contributed by atoms with van der Waals surface area (Å²) in [5.41, 5.74) is 0.816. The number of nitrogens with zero attached hydrogens (tertiary/aromatic N) is 2. The van der Waals surface area contributed by atoms with E-state index in [0.717, 1.165) is 5.56 Å². The first-order chi connectivity index (χ1) is 8.91. The lowest BCUT2D eigenvalue weighted by molar-refractivity contribution is -0.132. The quantitative estimate of drug-likeness (QED) is 0.451. The first-order valence-electron chi connectivity index (χ1n) is 5.49. The Bertz CT molecular complexity index is 569. The molecular weight excluding hydrogens is 284 g/mol. The Morgan fingerprint density at radius 1 is 1.05 bits per heavy atom. The molecule has 1 saturated heterocycles. The van der Waals surface area contributed by atoms with Crippen molar-refractivity contribution >= 4 is 46.8 Å². The van der Waals surface area contributed by atoms with Crippen LogP contribution >= 0.6 is 23.8 Å². The number of thiocarbonyl (C=S) groups is 1. The Morgan fingerprint density at radius 3 is 2.00 bits per heavy atom. The van der Waals surface area contributed by atoms with E-state index in [9.17, 15) is 9.59 Å². The van der Waals surface area contributed by atoms with Crippen molar-refractivity contribution in [1.29, 1.82) is 0 Å². The highest BCUT2D eigenvalue weighted by molar-refractivity contribution is 7.80. The van der Waals surface area contributed by atoms with Crippen LogP contribution in [-0.4, -0.2) is 40.8 Å². The zero-order valence-electron chi connectivity index (χ0n) is 10.4. The molecule has 1 heterocycles. The maximum atomic E-state index is 12.1. The van der Waals surface area contributed by atoms with Gasteiger partial charge >= 0.3 is 0 Å². The van der Waals surface area contributed by atoms with E-state index in [4.69, 9.17) is 23.8 Å². The summed E-state index contributed by atoms with van der Waals surface area (Å²) < 4.78 is 0. The van der Waals surface area contributed by atoms with Crippen molar-refractivity contribution in [1.82, 2.24) is 9.80 Å². The molecule has 1 fully saturated rings. The predicted molar refractivity (Wildman–Crippen MR) is 77.6 cm³/mol. The molecule has 4 nitrogen and oxygen atoms in total. The van der Waals surface area contributed by atoms with Crippen LogP contribution in [0.3, 0.4) is 0 Å². The standard InChI is InChI=1S/C13H11ClN2O2S/c1-15-11(17)10(12(18)16(2)13(15)19)7-8-3-5-9(14)6-4-8/h3-7H,1-2H3. The second-order valence-corrected chi connectivity index (χ2v) is 4.92. The van der Waals surface area contributed by atoms with Gasteiger partial charge in [-0.3, -0.25) is 19.4 Å². The van der Waals surface area contributed by atoms with Gasteiger partial charge in [-0.05, 0) is 36.0 Å². The molecule has 1 aliphatic rings. The van der Waals surface area contributed by atoms with Crippen molar-refractivity contribution in [3.63, 3.8) is 0 Å². The van der Waals surface area contributed by atoms with Gasteiger partial charge in [0, 0.05) is 19.1 Å². The molecule has 0 unspecified atom stereocenters. The third kappa shape index (κ3) is 2.52. The highest BCUT2D eigenvalue weighted by Gasteiger charge is 2.35. The summed E-state index contributed by atoms with van der Waals surface area (Å²) in [6.45, 7) is 0. The Kier molecular flexibility index (Phi) is 3.68. The van der Waals surface area contributed by atoms with E-state index in [2.05, 4.69) is 0 Å². The van der Waals surface area contributed by atoms with Crippen LogP contribution in [0, 0.1) is 0 Å². The molecule has 0 aromatic heterocycles. The number of carbonyl (C=O) groups excluding carboxylic acids is 2. The third-order valence-electron chi connectivity index (χ3n) is 2.82. The highest BCUT2D eigenvalue weighted by atomic mass is 35.5. The van der Waals surface area contributed by atoms with Crippen molar-refractivity contribution in [3.8, 4) is 0 Å². The highest BCUT2D eigenvalue weighted by Crippen LogP contribution is 2.19. The molecule has 1 aromatic carbocycles. The van der Waals surface area contributed by atoms with Gasteiger partial charge in [0.2, 0.25) is 0 Å². The number of likely N-dealkylation sites (N-methyl/N-ethyl adjacent to an activating group) is 2. The van der Waals surface area contributed by atoms with Crippen molar-refractivity contribution in [2.75, 3.05) is 14.1 Å². The van der Waals surface area contributed by atoms with E-state index in [0.29, 0.717) is 5.02 Å². The number of halogens is 1. The molecule has 0 aliphatic carbocycles. The molecule has 0 N–H and O–H groups in total. The number of hydrogen-bond donors (Lipinski definition) is 0. The van der Waals surface area contributed by atoms with Crippen LogP contribution in [0.2, 0.25) is 5.02 Å². The number of hydrogen-bond acceptors (Lipinski definition) is 3. The molecule has 1 aromatic rings. The summed E-state index contributed by atoms with van der Waals surface area (Å²) in [6.07, 6.45) is 1.54. The van der Waals surface area contributed by atoms with Gasteiger partial charge in [-0.1, -0.05) is 23.7 Å². The number of benzene rings is 1. The van der Waals surface area contributed by atoms with Crippen LogP contribution in [0.4, 0.5) is 0 Å². The van der Waals surface area contributed by atoms with Gasteiger partial charge in [0.1, 0.15) is 5.57 Å². The molecule has 0 spiro atoms. The molecule has 0 atom stereocenters. The van der Waals surface area contributed by atoms with Crippen LogP contribution in [0.15, 0.2) is 29.8 Å². The average molecular weight is 295 g/mol. The fourth-order valence-corrected chi connectivity index (χ4v) is 1.99. The SMILES string of the molecule is CN1C(=O)C(=Cc2ccc(Cl)cc2)C(=O)N(C)C1=S. The minimum Gasteiger partial charge on any atom is -0.288 e. The molecule has 2 rings (SSSR count). The van der Waals surface area contributed by atoms with E-state index in [1.807, 2.05) is 0 Å². The van der Waals surface area contributed by atoms with Crippen LogP contribution in [-0.2, 0) is 9.59 Å². The lowest BCUT2D eigenvalue weighted by Gasteiger charge is -2.31. The van der Waals surface area contributed by atoms with Gasteiger partial charge < -0.3 is 0 Å². The zero-order valence-corrected chi connectivity index (χ0v) is 12.0. The van der Waals surface area contributed by atoms with Gasteiger partial charge in [-0.2, -0.15) is 0 Å². The van der Waals surface area contributed by atoms with Crippen molar-refractivity contribution in [2.24, 2.45) is 0 Å². The predicted octanol–water partition coefficient (Wildman–Crippen LogP) is 1.94. The second kappa shape index (κ2) is 5.11. The summed E-state index contributed by atoms with van der Waals surface area (Å²) >= 11 is 10.8. The molecule has 19 heavy (non-hydrogen) atoms. The first kappa shape index (κ1) is 13.7. The van der Waals surface area contributed by atoms with E-state index >= 15 is 0 Å². The van der Waals surface area contributed by atoms with Crippen LogP contribution in [0.25, 0.3) is 6.08 Å². The maximum Gasteiger partial charge on any atom is 0.265 e. The Morgan fingerprint density at radius 2 is 1.53 bits per heavy atom. The number of carbonyl (C=O) groups is 2. The first-order valence-corrected chi connectivity index (χ1v) is 6.28. The lowest BCUT2D eigenvalue weighted by atomic mass is 10.1. The molecule has 98 valence electrons. The normalized spacial score (nSPS) is 16.2. The van der Waals surface area contributed by atoms with Gasteiger partial charge in [0.05, 0.1) is 0 Å². The van der Waals surface area contributed by atoms with Crippen LogP contribution in [0.5, 0.6) is 0 Å². The number of amides is 2. The van der Waals surface area contributed by atoms with Gasteiger partial charge in [-0.15, -0.1) is 0 Å². The smallest absolute Gasteiger partial charge is 0.265 e. The topological polar surface area (TPSA) is 40.6 Å². The summed E-state index contributed by atoms with van der Waals surface area (Å²) in [7, 11) is 3.09. The van der Waals surface area contributed by atoms with Crippen LogP contribution < -0.4 is 0 Å². The van der Waals surface area contributed by atoms with E-state index in [-0.39, 0.29) is 10.7 Å². The van der Waals surface area contributed by atoms with Crippen molar-refractivity contribution in [3.05, 3.63) is 40.4 Å². The lowest BCUT2D eigenvalue weighted by Crippen LogP contribution is -2.52. The van der Waals surface area contributed by atoms with E-state index < -0.39 is 11.8 Å². The van der Waals surface area contributed by atoms with Crippen molar-refractivity contribution < 1.29 is 9.59 Å². The third-order valence-corrected chi connectivity index (χ3v) is 3.62. The molecule has 0 radical (unpaired) electrons. The summed E-state index contributed by atoms with van der Waals surface area (Å²) in [5.74, 6) is -0.800.